The smallest absolute Gasteiger partial charge is 0.409 e. The van der Waals surface area contributed by atoms with E-state index in [-0.39, 0.29) is 12.0 Å². The van der Waals surface area contributed by atoms with Crippen molar-refractivity contribution in [2.75, 3.05) is 44.2 Å². The number of carbonyl (C=O) groups is 2. The third-order valence-corrected chi connectivity index (χ3v) is 5.02. The lowest BCUT2D eigenvalue weighted by Gasteiger charge is -2.35. The number of ether oxygens (including phenoxy) is 1. The fourth-order valence-corrected chi connectivity index (χ4v) is 3.35. The van der Waals surface area contributed by atoms with Crippen LogP contribution in [0.2, 0.25) is 0 Å². The Morgan fingerprint density at radius 2 is 1.76 bits per heavy atom. The Labute approximate surface area is 171 Å². The van der Waals surface area contributed by atoms with E-state index >= 15 is 0 Å². The van der Waals surface area contributed by atoms with Crippen LogP contribution in [0, 0.1) is 0 Å². The molecule has 3 rings (SSSR count). The van der Waals surface area contributed by atoms with E-state index in [1.807, 2.05) is 50.2 Å². The molecule has 1 aliphatic rings. The van der Waals surface area contributed by atoms with Crippen molar-refractivity contribution in [1.29, 1.82) is 0 Å². The van der Waals surface area contributed by atoms with Gasteiger partial charge in [0.05, 0.1) is 18.5 Å². The van der Waals surface area contributed by atoms with Crippen molar-refractivity contribution in [3.8, 4) is 0 Å². The second kappa shape index (κ2) is 9.91. The van der Waals surface area contributed by atoms with Crippen molar-refractivity contribution < 1.29 is 14.3 Å². The molecule has 0 N–H and O–H groups in total. The van der Waals surface area contributed by atoms with Gasteiger partial charge in [0.15, 0.2) is 0 Å². The van der Waals surface area contributed by atoms with E-state index in [4.69, 9.17) is 4.74 Å². The maximum Gasteiger partial charge on any atom is 0.409 e. The zero-order valence-corrected chi connectivity index (χ0v) is 17.1. The summed E-state index contributed by atoms with van der Waals surface area (Å²) in [6, 6.07) is 13.7. The first-order chi connectivity index (χ1) is 14.1. The molecular weight excluding hydrogens is 368 g/mol. The van der Waals surface area contributed by atoms with Crippen LogP contribution in [0.15, 0.2) is 48.7 Å². The van der Waals surface area contributed by atoms with Crippen molar-refractivity contribution >= 4 is 17.7 Å². The summed E-state index contributed by atoms with van der Waals surface area (Å²) in [7, 11) is 0. The molecular formula is C22H28N4O3. The number of aromatic nitrogens is 1. The van der Waals surface area contributed by atoms with Gasteiger partial charge in [0.25, 0.3) is 5.91 Å². The molecule has 0 unspecified atom stereocenters. The van der Waals surface area contributed by atoms with Crippen molar-refractivity contribution in [3.63, 3.8) is 0 Å². The van der Waals surface area contributed by atoms with Gasteiger partial charge in [-0.1, -0.05) is 30.3 Å². The number of hydrogen-bond donors (Lipinski definition) is 0. The van der Waals surface area contributed by atoms with Gasteiger partial charge in [0.2, 0.25) is 0 Å². The van der Waals surface area contributed by atoms with Gasteiger partial charge in [-0.25, -0.2) is 9.78 Å². The molecule has 0 saturated carbocycles. The number of anilines is 1. The third-order valence-electron chi connectivity index (χ3n) is 5.02. The molecule has 0 atom stereocenters. The van der Waals surface area contributed by atoms with Crippen molar-refractivity contribution in [2.45, 2.75) is 20.4 Å². The van der Waals surface area contributed by atoms with Crippen LogP contribution < -0.4 is 4.90 Å². The van der Waals surface area contributed by atoms with Gasteiger partial charge in [-0.3, -0.25) is 4.79 Å². The molecule has 29 heavy (non-hydrogen) atoms. The largest absolute Gasteiger partial charge is 0.450 e. The summed E-state index contributed by atoms with van der Waals surface area (Å²) in [5.41, 5.74) is 2.49. The molecule has 2 aromatic rings. The van der Waals surface area contributed by atoms with E-state index in [1.165, 1.54) is 0 Å². The summed E-state index contributed by atoms with van der Waals surface area (Å²) in [4.78, 5) is 34.7. The van der Waals surface area contributed by atoms with Crippen LogP contribution in [0.5, 0.6) is 0 Å². The highest BCUT2D eigenvalue weighted by Crippen LogP contribution is 2.17. The molecule has 0 aliphatic carbocycles. The van der Waals surface area contributed by atoms with E-state index in [1.54, 1.807) is 22.1 Å². The number of nitrogens with zero attached hydrogens (tertiary/aromatic N) is 4. The first-order valence-corrected chi connectivity index (χ1v) is 10.1. The standard InChI is InChI=1S/C22H28N4O3/c1-3-24(17-18-8-6-5-7-9-18)21(27)20-11-10-19(16-23-20)25-12-14-26(15-13-25)22(28)29-4-2/h5-11,16H,3-4,12-15,17H2,1-2H3. The maximum atomic E-state index is 12.8. The molecule has 0 radical (unpaired) electrons. The highest BCUT2D eigenvalue weighted by molar-refractivity contribution is 5.92. The Hall–Kier alpha value is -3.09. The molecule has 2 amide bonds. The maximum absolute atomic E-state index is 12.8. The lowest BCUT2D eigenvalue weighted by Crippen LogP contribution is -2.49. The number of hydrogen-bond acceptors (Lipinski definition) is 5. The lowest BCUT2D eigenvalue weighted by molar-refractivity contribution is 0.0746. The Morgan fingerprint density at radius 3 is 2.34 bits per heavy atom. The SMILES string of the molecule is CCOC(=O)N1CCN(c2ccc(C(=O)N(CC)Cc3ccccc3)nc2)CC1. The van der Waals surface area contributed by atoms with E-state index in [9.17, 15) is 9.59 Å². The quantitative estimate of drug-likeness (QED) is 0.751. The van der Waals surface area contributed by atoms with Crippen LogP contribution >= 0.6 is 0 Å². The molecule has 1 aliphatic heterocycles. The summed E-state index contributed by atoms with van der Waals surface area (Å²) in [5.74, 6) is -0.0740. The van der Waals surface area contributed by atoms with Gasteiger partial charge in [0.1, 0.15) is 5.69 Å². The molecule has 7 nitrogen and oxygen atoms in total. The van der Waals surface area contributed by atoms with Gasteiger partial charge >= 0.3 is 6.09 Å². The molecule has 1 aromatic heterocycles. The number of piperazine rings is 1. The predicted molar refractivity (Wildman–Crippen MR) is 112 cm³/mol. The Balaban J connectivity index is 1.59. The van der Waals surface area contributed by atoms with E-state index in [0.29, 0.717) is 51.6 Å². The zero-order valence-electron chi connectivity index (χ0n) is 17.1. The highest BCUT2D eigenvalue weighted by Gasteiger charge is 2.23. The third kappa shape index (κ3) is 5.25. The molecule has 1 aromatic carbocycles. The van der Waals surface area contributed by atoms with E-state index < -0.39 is 0 Å². The molecule has 7 heteroatoms. The molecule has 154 valence electrons. The molecule has 0 spiro atoms. The Kier molecular flexibility index (Phi) is 7.05. The summed E-state index contributed by atoms with van der Waals surface area (Å²) in [6.07, 6.45) is 1.48. The first-order valence-electron chi connectivity index (χ1n) is 10.1. The summed E-state index contributed by atoms with van der Waals surface area (Å²) >= 11 is 0. The van der Waals surface area contributed by atoms with Gasteiger partial charge < -0.3 is 19.4 Å². The van der Waals surface area contributed by atoms with Crippen LogP contribution in [-0.2, 0) is 11.3 Å². The average molecular weight is 396 g/mol. The topological polar surface area (TPSA) is 66.0 Å². The molecule has 2 heterocycles. The fraction of sp³-hybridized carbons (Fsp3) is 0.409. The van der Waals surface area contributed by atoms with E-state index in [0.717, 1.165) is 11.3 Å². The summed E-state index contributed by atoms with van der Waals surface area (Å²) < 4.78 is 5.05. The number of amides is 2. The Bertz CT molecular complexity index is 803. The second-order valence-electron chi connectivity index (χ2n) is 6.88. The number of carbonyl (C=O) groups excluding carboxylic acids is 2. The summed E-state index contributed by atoms with van der Waals surface area (Å²) in [5, 5.41) is 0. The number of rotatable bonds is 6. The minimum absolute atomic E-state index is 0.0740. The van der Waals surface area contributed by atoms with Crippen LogP contribution in [0.3, 0.4) is 0 Å². The van der Waals surface area contributed by atoms with Gasteiger partial charge in [-0.05, 0) is 31.5 Å². The van der Waals surface area contributed by atoms with Crippen LogP contribution in [-0.4, -0.2) is 66.1 Å². The lowest BCUT2D eigenvalue weighted by atomic mass is 10.2. The summed E-state index contributed by atoms with van der Waals surface area (Å²) in [6.45, 7) is 7.99. The van der Waals surface area contributed by atoms with Crippen molar-refractivity contribution in [3.05, 3.63) is 59.9 Å². The normalized spacial score (nSPS) is 13.9. The highest BCUT2D eigenvalue weighted by atomic mass is 16.6. The average Bonchev–Trinajstić information content (AvgIpc) is 2.78. The zero-order chi connectivity index (χ0) is 20.6. The minimum Gasteiger partial charge on any atom is -0.450 e. The number of pyridine rings is 1. The van der Waals surface area contributed by atoms with Crippen LogP contribution in [0.25, 0.3) is 0 Å². The van der Waals surface area contributed by atoms with Crippen molar-refractivity contribution in [1.82, 2.24) is 14.8 Å². The monoisotopic (exact) mass is 396 g/mol. The van der Waals surface area contributed by atoms with E-state index in [2.05, 4.69) is 9.88 Å². The van der Waals surface area contributed by atoms with Gasteiger partial charge in [-0.15, -0.1) is 0 Å². The van der Waals surface area contributed by atoms with Crippen LogP contribution in [0.4, 0.5) is 10.5 Å². The minimum atomic E-state index is -0.260. The first kappa shape index (κ1) is 20.6. The van der Waals surface area contributed by atoms with Gasteiger partial charge in [0, 0.05) is 39.3 Å². The molecule has 1 fully saturated rings. The van der Waals surface area contributed by atoms with Crippen LogP contribution in [0.1, 0.15) is 29.9 Å². The fourth-order valence-electron chi connectivity index (χ4n) is 3.35. The molecule has 0 bridgehead atoms. The van der Waals surface area contributed by atoms with Crippen molar-refractivity contribution in [2.24, 2.45) is 0 Å². The molecule has 1 saturated heterocycles. The second-order valence-corrected chi connectivity index (χ2v) is 6.88. The Morgan fingerprint density at radius 1 is 1.03 bits per heavy atom. The number of benzene rings is 1. The predicted octanol–water partition coefficient (Wildman–Crippen LogP) is 3.02. The van der Waals surface area contributed by atoms with Gasteiger partial charge in [-0.2, -0.15) is 0 Å².